The first-order valence-corrected chi connectivity index (χ1v) is 8.05. The van der Waals surface area contributed by atoms with Gasteiger partial charge in [0.2, 0.25) is 5.91 Å². The maximum absolute atomic E-state index is 13.1. The minimum Gasteiger partial charge on any atom is -0.385 e. The fraction of sp³-hybridized carbons (Fsp3) is 0.526. The minimum absolute atomic E-state index is 0.181. The van der Waals surface area contributed by atoms with Crippen molar-refractivity contribution < 1.29 is 9.53 Å². The van der Waals surface area contributed by atoms with Crippen LogP contribution in [0.3, 0.4) is 0 Å². The van der Waals surface area contributed by atoms with Crippen LogP contribution in [0.5, 0.6) is 0 Å². The highest BCUT2D eigenvalue weighted by Gasteiger charge is 2.51. The highest BCUT2D eigenvalue weighted by Crippen LogP contribution is 2.52. The molecule has 1 aliphatic heterocycles. The lowest BCUT2D eigenvalue weighted by Crippen LogP contribution is -2.47. The number of carbonyl (C=O) groups is 1. The molecule has 1 spiro atoms. The first-order chi connectivity index (χ1) is 10.5. The van der Waals surface area contributed by atoms with E-state index in [0.29, 0.717) is 19.6 Å². The fourth-order valence-electron chi connectivity index (χ4n) is 3.58. The molecule has 1 fully saturated rings. The van der Waals surface area contributed by atoms with E-state index in [1.54, 1.807) is 13.2 Å². The molecule has 0 bridgehead atoms. The number of fused-ring (bicyclic) bond motifs is 2. The van der Waals surface area contributed by atoms with Crippen molar-refractivity contribution in [3.63, 3.8) is 0 Å². The van der Waals surface area contributed by atoms with Crippen LogP contribution in [-0.4, -0.2) is 31.1 Å². The Hall–Kier alpha value is -1.61. The molecule has 0 unspecified atom stereocenters. The predicted molar refractivity (Wildman–Crippen MR) is 87.6 cm³/mol. The van der Waals surface area contributed by atoms with Crippen LogP contribution in [0.1, 0.15) is 37.3 Å². The predicted octanol–water partition coefficient (Wildman–Crippen LogP) is 3.29. The lowest BCUT2D eigenvalue weighted by atomic mass is 9.82. The molecule has 0 aromatic heterocycles. The van der Waals surface area contributed by atoms with Gasteiger partial charge in [0.05, 0.1) is 5.41 Å². The number of nitrogens with zero attached hydrogens (tertiary/aromatic N) is 1. The second-order valence-electron chi connectivity index (χ2n) is 6.96. The van der Waals surface area contributed by atoms with Gasteiger partial charge in [0.1, 0.15) is 0 Å². The van der Waals surface area contributed by atoms with Gasteiger partial charge in [-0.3, -0.25) is 4.79 Å². The molecule has 1 aromatic carbocycles. The van der Waals surface area contributed by atoms with Gasteiger partial charge in [-0.25, -0.2) is 0 Å². The Morgan fingerprint density at radius 1 is 1.45 bits per heavy atom. The highest BCUT2D eigenvalue weighted by molar-refractivity contribution is 5.84. The fourth-order valence-corrected chi connectivity index (χ4v) is 3.58. The Morgan fingerprint density at radius 3 is 2.82 bits per heavy atom. The van der Waals surface area contributed by atoms with E-state index in [4.69, 9.17) is 4.74 Å². The summed E-state index contributed by atoms with van der Waals surface area (Å²) in [5.74, 6) is 0.181. The van der Waals surface area contributed by atoms with Crippen molar-refractivity contribution >= 4 is 5.91 Å². The quantitative estimate of drug-likeness (QED) is 0.781. The molecule has 118 valence electrons. The van der Waals surface area contributed by atoms with Crippen molar-refractivity contribution in [2.45, 2.75) is 38.1 Å². The topological polar surface area (TPSA) is 29.5 Å². The molecule has 0 saturated heterocycles. The number of carbonyl (C=O) groups excluding carboxylic acids is 1. The normalized spacial score (nSPS) is 21.1. The van der Waals surface area contributed by atoms with Crippen LogP contribution in [0.4, 0.5) is 0 Å². The van der Waals surface area contributed by atoms with Crippen molar-refractivity contribution in [3.8, 4) is 0 Å². The van der Waals surface area contributed by atoms with E-state index in [1.165, 1.54) is 24.0 Å². The number of benzene rings is 1. The number of hydrogen-bond donors (Lipinski definition) is 0. The second kappa shape index (κ2) is 5.54. The third-order valence-electron chi connectivity index (χ3n) is 5.35. The molecule has 3 nitrogen and oxygen atoms in total. The summed E-state index contributed by atoms with van der Waals surface area (Å²) in [6.45, 7) is 8.00. The van der Waals surface area contributed by atoms with Gasteiger partial charge in [-0.15, -0.1) is 6.58 Å². The van der Waals surface area contributed by atoms with Gasteiger partial charge >= 0.3 is 0 Å². The van der Waals surface area contributed by atoms with E-state index in [1.807, 2.05) is 11.8 Å². The zero-order valence-corrected chi connectivity index (χ0v) is 13.6. The third-order valence-corrected chi connectivity index (χ3v) is 5.35. The molecule has 1 atom stereocenters. The van der Waals surface area contributed by atoms with E-state index in [2.05, 4.69) is 30.8 Å². The van der Waals surface area contributed by atoms with Crippen molar-refractivity contribution in [1.29, 1.82) is 0 Å². The molecule has 3 rings (SSSR count). The molecular formula is C19H25NO2. The lowest BCUT2D eigenvalue weighted by Gasteiger charge is -2.39. The van der Waals surface area contributed by atoms with Crippen LogP contribution < -0.4 is 0 Å². The van der Waals surface area contributed by atoms with Crippen LogP contribution in [0.15, 0.2) is 36.9 Å². The largest absolute Gasteiger partial charge is 0.385 e. The summed E-state index contributed by atoms with van der Waals surface area (Å²) in [5, 5.41) is 0. The van der Waals surface area contributed by atoms with Gasteiger partial charge in [0.25, 0.3) is 0 Å². The van der Waals surface area contributed by atoms with E-state index >= 15 is 0 Å². The van der Waals surface area contributed by atoms with Crippen LogP contribution in [0, 0.1) is 5.41 Å². The Bertz CT molecular complexity index is 591. The summed E-state index contributed by atoms with van der Waals surface area (Å²) in [6, 6.07) is 8.58. The number of ether oxygens (including phenoxy) is 1. The monoisotopic (exact) mass is 299 g/mol. The van der Waals surface area contributed by atoms with Crippen LogP contribution in [-0.2, 0) is 21.5 Å². The number of methoxy groups -OCH3 is 1. The average molecular weight is 299 g/mol. The molecule has 1 amide bonds. The van der Waals surface area contributed by atoms with Crippen molar-refractivity contribution in [3.05, 3.63) is 48.0 Å². The Kier molecular flexibility index (Phi) is 3.85. The van der Waals surface area contributed by atoms with Crippen LogP contribution in [0.2, 0.25) is 0 Å². The Morgan fingerprint density at radius 2 is 2.18 bits per heavy atom. The van der Waals surface area contributed by atoms with Gasteiger partial charge in [-0.05, 0) is 37.3 Å². The number of hydrogen-bond acceptors (Lipinski definition) is 2. The molecule has 0 N–H and O–H groups in total. The van der Waals surface area contributed by atoms with E-state index < -0.39 is 5.41 Å². The molecule has 22 heavy (non-hydrogen) atoms. The molecule has 1 aliphatic carbocycles. The number of amides is 1. The Labute approximate surface area is 133 Å². The van der Waals surface area contributed by atoms with E-state index in [0.717, 1.165) is 6.54 Å². The molecule has 3 heteroatoms. The second-order valence-corrected chi connectivity index (χ2v) is 6.96. The summed E-state index contributed by atoms with van der Waals surface area (Å²) in [6.07, 6.45) is 4.85. The molecule has 0 radical (unpaired) electrons. The first-order valence-electron chi connectivity index (χ1n) is 8.05. The van der Waals surface area contributed by atoms with Gasteiger partial charge in [0, 0.05) is 32.2 Å². The van der Waals surface area contributed by atoms with Crippen molar-refractivity contribution in [2.24, 2.45) is 5.41 Å². The Balaban J connectivity index is 1.85. The first kappa shape index (κ1) is 15.3. The summed E-state index contributed by atoms with van der Waals surface area (Å²) >= 11 is 0. The third kappa shape index (κ3) is 2.48. The molecule has 1 heterocycles. The smallest absolute Gasteiger partial charge is 0.232 e. The van der Waals surface area contributed by atoms with Gasteiger partial charge < -0.3 is 9.64 Å². The van der Waals surface area contributed by atoms with E-state index in [9.17, 15) is 4.79 Å². The van der Waals surface area contributed by atoms with Crippen molar-refractivity contribution in [2.75, 3.05) is 20.3 Å². The minimum atomic E-state index is -0.543. The number of rotatable bonds is 5. The maximum Gasteiger partial charge on any atom is 0.232 e. The molecular weight excluding hydrogens is 274 g/mol. The van der Waals surface area contributed by atoms with E-state index in [-0.39, 0.29) is 11.3 Å². The lowest BCUT2D eigenvalue weighted by molar-refractivity contribution is -0.141. The maximum atomic E-state index is 13.1. The highest BCUT2D eigenvalue weighted by atomic mass is 16.5. The summed E-state index contributed by atoms with van der Waals surface area (Å²) in [5.41, 5.74) is 2.43. The van der Waals surface area contributed by atoms with Crippen LogP contribution in [0.25, 0.3) is 0 Å². The van der Waals surface area contributed by atoms with Crippen LogP contribution >= 0.6 is 0 Å². The van der Waals surface area contributed by atoms with Gasteiger partial charge in [-0.2, -0.15) is 0 Å². The van der Waals surface area contributed by atoms with Crippen molar-refractivity contribution in [1.82, 2.24) is 4.90 Å². The zero-order chi connectivity index (χ0) is 15.8. The summed E-state index contributed by atoms with van der Waals surface area (Å²) in [4.78, 5) is 15.1. The summed E-state index contributed by atoms with van der Waals surface area (Å²) in [7, 11) is 1.67. The molecule has 2 aliphatic rings. The SMILES string of the molecule is C=C[C@@](C)(CCOC)C(=O)N1Cc2ccccc2C2(CC2)C1. The van der Waals surface area contributed by atoms with Gasteiger partial charge in [-0.1, -0.05) is 30.3 Å². The molecule has 1 aromatic rings. The summed E-state index contributed by atoms with van der Waals surface area (Å²) < 4.78 is 5.17. The molecule has 1 saturated carbocycles. The average Bonchev–Trinajstić information content (AvgIpc) is 3.32. The standard InChI is InChI=1S/C19H25NO2/c1-4-18(2,11-12-22-3)17(21)20-13-15-7-5-6-8-16(15)19(14-20)9-10-19/h4-8H,1,9-14H2,2-3H3/t18-/m0/s1. The van der Waals surface area contributed by atoms with Gasteiger partial charge in [0.15, 0.2) is 0 Å². The zero-order valence-electron chi connectivity index (χ0n) is 13.6.